The van der Waals surface area contributed by atoms with Crippen molar-refractivity contribution in [1.29, 1.82) is 0 Å². The van der Waals surface area contributed by atoms with E-state index >= 15 is 0 Å². The molecule has 0 radical (unpaired) electrons. The Balaban J connectivity index is 2.39. The highest BCUT2D eigenvalue weighted by atomic mass is 32.2. The minimum absolute atomic E-state index is 0.0225. The van der Waals surface area contributed by atoms with Gasteiger partial charge in [-0.05, 0) is 42.9 Å². The molecule has 0 aromatic carbocycles. The molecule has 0 bridgehead atoms. The first-order chi connectivity index (χ1) is 8.93. The Morgan fingerprint density at radius 1 is 1.47 bits per heavy atom. The molecule has 6 heteroatoms. The molecule has 0 aromatic rings. The molecule has 0 unspecified atom stereocenters. The van der Waals surface area contributed by atoms with E-state index in [2.05, 4.69) is 5.32 Å². The van der Waals surface area contributed by atoms with Gasteiger partial charge in [0, 0.05) is 18.5 Å². The van der Waals surface area contributed by atoms with E-state index in [0.717, 1.165) is 18.2 Å². The topological polar surface area (TPSA) is 29.1 Å². The van der Waals surface area contributed by atoms with Gasteiger partial charge in [-0.15, -0.1) is 0 Å². The second-order valence-corrected chi connectivity index (χ2v) is 5.34. The van der Waals surface area contributed by atoms with Crippen molar-refractivity contribution in [2.45, 2.75) is 31.9 Å². The van der Waals surface area contributed by atoms with Gasteiger partial charge in [0.05, 0.1) is 0 Å². The van der Waals surface area contributed by atoms with Crippen LogP contribution in [0.3, 0.4) is 0 Å². The van der Waals surface area contributed by atoms with E-state index in [1.807, 2.05) is 6.26 Å². The number of alkyl halides is 3. The first-order valence-electron chi connectivity index (χ1n) is 6.16. The Labute approximate surface area is 115 Å². The highest BCUT2D eigenvalue weighted by Gasteiger charge is 2.33. The van der Waals surface area contributed by atoms with E-state index in [4.69, 9.17) is 0 Å². The molecule has 0 aliphatic heterocycles. The molecule has 108 valence electrons. The van der Waals surface area contributed by atoms with Crippen molar-refractivity contribution >= 4 is 17.7 Å². The number of carbonyl (C=O) groups excluding carboxylic acids is 1. The van der Waals surface area contributed by atoms with Crippen molar-refractivity contribution in [2.24, 2.45) is 0 Å². The van der Waals surface area contributed by atoms with Crippen LogP contribution in [-0.2, 0) is 4.79 Å². The van der Waals surface area contributed by atoms with Crippen LogP contribution in [0.2, 0.25) is 0 Å². The van der Waals surface area contributed by atoms with Gasteiger partial charge in [-0.3, -0.25) is 4.79 Å². The van der Waals surface area contributed by atoms with Crippen LogP contribution in [0, 0.1) is 0 Å². The van der Waals surface area contributed by atoms with Crippen LogP contribution < -0.4 is 5.32 Å². The number of halogens is 3. The molecule has 1 amide bonds. The fourth-order valence-electron chi connectivity index (χ4n) is 1.78. The largest absolute Gasteiger partial charge is 0.412 e. The number of allylic oxidation sites excluding steroid dienone is 2. The summed E-state index contributed by atoms with van der Waals surface area (Å²) < 4.78 is 37.6. The predicted octanol–water partition coefficient (Wildman–Crippen LogP) is 3.45. The molecule has 1 rings (SSSR count). The summed E-state index contributed by atoms with van der Waals surface area (Å²) in [7, 11) is 0. The standard InChI is InChI=1S/C13H18F3NOS/c1-19-7-3-6-12(18)17-9-10-4-2-5-11(8-10)13(14,15)16/h4,8H,2-3,5-7,9H2,1H3,(H,17,18). The first kappa shape index (κ1) is 16.1. The van der Waals surface area contributed by atoms with E-state index in [0.29, 0.717) is 18.4 Å². The van der Waals surface area contributed by atoms with Crippen LogP contribution in [0.4, 0.5) is 13.2 Å². The van der Waals surface area contributed by atoms with Gasteiger partial charge < -0.3 is 5.32 Å². The van der Waals surface area contributed by atoms with Crippen molar-refractivity contribution < 1.29 is 18.0 Å². The fourth-order valence-corrected chi connectivity index (χ4v) is 2.21. The molecule has 2 nitrogen and oxygen atoms in total. The molecular formula is C13H18F3NOS. The van der Waals surface area contributed by atoms with Gasteiger partial charge in [-0.25, -0.2) is 0 Å². The maximum Gasteiger partial charge on any atom is 0.412 e. The minimum atomic E-state index is -4.26. The molecule has 0 atom stereocenters. The fraction of sp³-hybridized carbons (Fsp3) is 0.615. The van der Waals surface area contributed by atoms with Crippen LogP contribution in [0.15, 0.2) is 23.3 Å². The summed E-state index contributed by atoms with van der Waals surface area (Å²) in [4.78, 5) is 11.4. The summed E-state index contributed by atoms with van der Waals surface area (Å²) in [6.07, 6.45) is 2.20. The zero-order valence-electron chi connectivity index (χ0n) is 10.8. The van der Waals surface area contributed by atoms with Gasteiger partial charge in [0.1, 0.15) is 0 Å². The molecular weight excluding hydrogens is 275 g/mol. The Bertz CT molecular complexity index is 375. The van der Waals surface area contributed by atoms with Crippen LogP contribution in [0.5, 0.6) is 0 Å². The number of hydrogen-bond acceptors (Lipinski definition) is 2. The Morgan fingerprint density at radius 3 is 2.84 bits per heavy atom. The van der Waals surface area contributed by atoms with E-state index in [1.165, 1.54) is 0 Å². The molecule has 0 spiro atoms. The molecule has 1 N–H and O–H groups in total. The lowest BCUT2D eigenvalue weighted by atomic mass is 9.99. The molecule has 0 heterocycles. The normalized spacial score (nSPS) is 15.8. The average Bonchev–Trinajstić information content (AvgIpc) is 2.36. The lowest BCUT2D eigenvalue weighted by Crippen LogP contribution is -2.26. The number of thioether (sulfide) groups is 1. The molecule has 19 heavy (non-hydrogen) atoms. The smallest absolute Gasteiger partial charge is 0.352 e. The highest BCUT2D eigenvalue weighted by Crippen LogP contribution is 2.32. The predicted molar refractivity (Wildman–Crippen MR) is 72.1 cm³/mol. The monoisotopic (exact) mass is 293 g/mol. The van der Waals surface area contributed by atoms with Crippen LogP contribution in [0.25, 0.3) is 0 Å². The maximum atomic E-state index is 12.5. The van der Waals surface area contributed by atoms with Crippen molar-refractivity contribution in [3.63, 3.8) is 0 Å². The summed E-state index contributed by atoms with van der Waals surface area (Å²) in [5, 5.41) is 2.65. The third-order valence-corrected chi connectivity index (χ3v) is 3.48. The summed E-state index contributed by atoms with van der Waals surface area (Å²) >= 11 is 1.67. The molecule has 0 saturated carbocycles. The number of amides is 1. The number of hydrogen-bond donors (Lipinski definition) is 1. The van der Waals surface area contributed by atoms with Gasteiger partial charge in [0.25, 0.3) is 0 Å². The van der Waals surface area contributed by atoms with Gasteiger partial charge in [-0.1, -0.05) is 6.08 Å². The SMILES string of the molecule is CSCCCC(=O)NCC1=CCCC(C(F)(F)F)=C1. The lowest BCUT2D eigenvalue weighted by molar-refractivity contribution is -0.120. The highest BCUT2D eigenvalue weighted by molar-refractivity contribution is 7.98. The third kappa shape index (κ3) is 6.18. The molecule has 0 saturated heterocycles. The number of nitrogens with one attached hydrogen (secondary N) is 1. The maximum absolute atomic E-state index is 12.5. The Morgan fingerprint density at radius 2 is 2.21 bits per heavy atom. The second-order valence-electron chi connectivity index (χ2n) is 4.36. The number of carbonyl (C=O) groups is 1. The average molecular weight is 293 g/mol. The van der Waals surface area contributed by atoms with E-state index < -0.39 is 11.7 Å². The first-order valence-corrected chi connectivity index (χ1v) is 7.55. The van der Waals surface area contributed by atoms with Gasteiger partial charge in [0.15, 0.2) is 0 Å². The Kier molecular flexibility index (Phi) is 6.48. The Hall–Kier alpha value is -0.910. The number of rotatable bonds is 6. The summed E-state index contributed by atoms with van der Waals surface area (Å²) in [6.45, 7) is 0.178. The van der Waals surface area contributed by atoms with Crippen molar-refractivity contribution in [1.82, 2.24) is 5.32 Å². The van der Waals surface area contributed by atoms with Crippen LogP contribution in [-0.4, -0.2) is 30.6 Å². The summed E-state index contributed by atoms with van der Waals surface area (Å²) in [6, 6.07) is 0. The lowest BCUT2D eigenvalue weighted by Gasteiger charge is -2.16. The van der Waals surface area contributed by atoms with Crippen molar-refractivity contribution in [3.8, 4) is 0 Å². The van der Waals surface area contributed by atoms with Crippen molar-refractivity contribution in [3.05, 3.63) is 23.3 Å². The summed E-state index contributed by atoms with van der Waals surface area (Å²) in [5.74, 6) is 0.802. The van der Waals surface area contributed by atoms with Crippen LogP contribution >= 0.6 is 11.8 Å². The second kappa shape index (κ2) is 7.62. The zero-order valence-corrected chi connectivity index (χ0v) is 11.7. The molecule has 0 fully saturated rings. The van der Waals surface area contributed by atoms with Gasteiger partial charge in [0.2, 0.25) is 5.91 Å². The minimum Gasteiger partial charge on any atom is -0.352 e. The molecule has 1 aliphatic carbocycles. The quantitative estimate of drug-likeness (QED) is 0.760. The van der Waals surface area contributed by atoms with Gasteiger partial charge in [-0.2, -0.15) is 24.9 Å². The van der Waals surface area contributed by atoms with Crippen LogP contribution in [0.1, 0.15) is 25.7 Å². The van der Waals surface area contributed by atoms with E-state index in [1.54, 1.807) is 17.8 Å². The van der Waals surface area contributed by atoms with Crippen molar-refractivity contribution in [2.75, 3.05) is 18.6 Å². The van der Waals surface area contributed by atoms with E-state index in [-0.39, 0.29) is 18.9 Å². The molecule has 0 aromatic heterocycles. The molecule has 1 aliphatic rings. The van der Waals surface area contributed by atoms with Gasteiger partial charge >= 0.3 is 6.18 Å². The zero-order chi connectivity index (χ0) is 14.3. The van der Waals surface area contributed by atoms with E-state index in [9.17, 15) is 18.0 Å². The summed E-state index contributed by atoms with van der Waals surface area (Å²) in [5.41, 5.74) is 0.0263. The third-order valence-electron chi connectivity index (χ3n) is 2.79.